The van der Waals surface area contributed by atoms with E-state index in [1.165, 1.54) is 0 Å². The van der Waals surface area contributed by atoms with Gasteiger partial charge in [-0.1, -0.05) is 41.9 Å². The Kier molecular flexibility index (Phi) is 4.01. The molecule has 0 aliphatic carbocycles. The van der Waals surface area contributed by atoms with E-state index in [4.69, 9.17) is 16.9 Å². The minimum absolute atomic E-state index is 0.658. The fraction of sp³-hybridized carbons (Fsp3) is 0.0588. The molecule has 0 aliphatic heterocycles. The molecule has 2 nitrogen and oxygen atoms in total. The first-order chi connectivity index (χ1) is 10.3. The molecular formula is C17H11ClN2S. The number of nitrogens with zero attached hydrogens (tertiary/aromatic N) is 2. The largest absolute Gasteiger partial charge is 0.241 e. The first-order valence-electron chi connectivity index (χ1n) is 6.44. The van der Waals surface area contributed by atoms with Gasteiger partial charge in [-0.05, 0) is 23.8 Å². The van der Waals surface area contributed by atoms with Gasteiger partial charge in [-0.25, -0.2) is 4.98 Å². The Hall–Kier alpha value is -2.15. The van der Waals surface area contributed by atoms with E-state index in [9.17, 15) is 0 Å². The van der Waals surface area contributed by atoms with Crippen LogP contribution in [-0.2, 0) is 6.42 Å². The lowest BCUT2D eigenvalue weighted by molar-refractivity contribution is 1.14. The summed E-state index contributed by atoms with van der Waals surface area (Å²) in [4.78, 5) is 4.65. The van der Waals surface area contributed by atoms with Crippen LogP contribution in [0.2, 0.25) is 5.02 Å². The topological polar surface area (TPSA) is 36.7 Å². The van der Waals surface area contributed by atoms with Crippen LogP contribution in [0.4, 0.5) is 0 Å². The van der Waals surface area contributed by atoms with E-state index < -0.39 is 0 Å². The van der Waals surface area contributed by atoms with Crippen molar-refractivity contribution in [2.45, 2.75) is 6.42 Å². The Morgan fingerprint density at radius 2 is 1.86 bits per heavy atom. The van der Waals surface area contributed by atoms with E-state index in [-0.39, 0.29) is 0 Å². The van der Waals surface area contributed by atoms with Crippen LogP contribution in [0.1, 0.15) is 16.1 Å². The first-order valence-corrected chi connectivity index (χ1v) is 7.70. The van der Waals surface area contributed by atoms with Gasteiger partial charge in [0.1, 0.15) is 0 Å². The molecular weight excluding hydrogens is 300 g/mol. The Bertz CT molecular complexity index is 800. The molecule has 0 bridgehead atoms. The third-order valence-corrected chi connectivity index (χ3v) is 4.38. The molecule has 0 saturated carbocycles. The number of nitriles is 1. The number of benzene rings is 2. The van der Waals surface area contributed by atoms with Gasteiger partial charge in [-0.15, -0.1) is 11.3 Å². The molecule has 0 amide bonds. The number of hydrogen-bond donors (Lipinski definition) is 0. The molecule has 2 aromatic carbocycles. The SMILES string of the molecule is N#Cc1ccc(-c2csc(Cc3ccccc3Cl)n2)cc1. The van der Waals surface area contributed by atoms with Gasteiger partial charge in [0.05, 0.1) is 22.3 Å². The lowest BCUT2D eigenvalue weighted by atomic mass is 10.1. The van der Waals surface area contributed by atoms with Gasteiger partial charge in [0.2, 0.25) is 0 Å². The van der Waals surface area contributed by atoms with Crippen molar-refractivity contribution in [2.75, 3.05) is 0 Å². The standard InChI is InChI=1S/C17H11ClN2S/c18-15-4-2-1-3-14(15)9-17-20-16(11-21-17)13-7-5-12(10-19)6-8-13/h1-8,11H,9H2. The highest BCUT2D eigenvalue weighted by molar-refractivity contribution is 7.10. The molecule has 0 radical (unpaired) electrons. The van der Waals surface area contributed by atoms with E-state index in [0.717, 1.165) is 33.3 Å². The number of thiazole rings is 1. The van der Waals surface area contributed by atoms with Crippen molar-refractivity contribution in [1.29, 1.82) is 5.26 Å². The number of halogens is 1. The molecule has 1 heterocycles. The van der Waals surface area contributed by atoms with Gasteiger partial charge in [0, 0.05) is 22.4 Å². The van der Waals surface area contributed by atoms with Crippen LogP contribution in [0.3, 0.4) is 0 Å². The van der Waals surface area contributed by atoms with Crippen molar-refractivity contribution in [3.05, 3.63) is 75.1 Å². The van der Waals surface area contributed by atoms with Gasteiger partial charge in [0.15, 0.2) is 0 Å². The van der Waals surface area contributed by atoms with Crippen molar-refractivity contribution in [3.8, 4) is 17.3 Å². The molecule has 0 spiro atoms. The maximum Gasteiger partial charge on any atom is 0.0991 e. The summed E-state index contributed by atoms with van der Waals surface area (Å²) in [5, 5.41) is 12.7. The molecule has 21 heavy (non-hydrogen) atoms. The summed E-state index contributed by atoms with van der Waals surface area (Å²) < 4.78 is 0. The molecule has 4 heteroatoms. The minimum Gasteiger partial charge on any atom is -0.241 e. The highest BCUT2D eigenvalue weighted by Crippen LogP contribution is 2.25. The zero-order valence-electron chi connectivity index (χ0n) is 11.1. The first kappa shape index (κ1) is 13.8. The van der Waals surface area contributed by atoms with Crippen molar-refractivity contribution in [2.24, 2.45) is 0 Å². The molecule has 0 N–H and O–H groups in total. The second-order valence-corrected chi connectivity index (χ2v) is 5.93. The lowest BCUT2D eigenvalue weighted by Crippen LogP contribution is -1.88. The van der Waals surface area contributed by atoms with E-state index >= 15 is 0 Å². The molecule has 0 fully saturated rings. The van der Waals surface area contributed by atoms with E-state index in [1.807, 2.05) is 53.9 Å². The predicted octanol–water partition coefficient (Wildman–Crippen LogP) is 4.93. The number of hydrogen-bond acceptors (Lipinski definition) is 3. The fourth-order valence-electron chi connectivity index (χ4n) is 2.04. The predicted molar refractivity (Wildman–Crippen MR) is 86.5 cm³/mol. The summed E-state index contributed by atoms with van der Waals surface area (Å²) in [6.07, 6.45) is 0.737. The van der Waals surface area contributed by atoms with Crippen LogP contribution in [0, 0.1) is 11.3 Å². The summed E-state index contributed by atoms with van der Waals surface area (Å²) in [5.41, 5.74) is 3.70. The van der Waals surface area contributed by atoms with Crippen LogP contribution in [0.5, 0.6) is 0 Å². The summed E-state index contributed by atoms with van der Waals surface area (Å²) in [6.45, 7) is 0. The average Bonchev–Trinajstić information content (AvgIpc) is 2.98. The molecule has 0 aliphatic rings. The Labute approximate surface area is 132 Å². The average molecular weight is 311 g/mol. The second kappa shape index (κ2) is 6.09. The Morgan fingerprint density at radius 1 is 1.10 bits per heavy atom. The highest BCUT2D eigenvalue weighted by Gasteiger charge is 2.07. The maximum absolute atomic E-state index is 8.82. The monoisotopic (exact) mass is 310 g/mol. The Balaban J connectivity index is 1.83. The van der Waals surface area contributed by atoms with E-state index in [1.54, 1.807) is 11.3 Å². The molecule has 102 valence electrons. The van der Waals surface area contributed by atoms with Gasteiger partial charge in [-0.3, -0.25) is 0 Å². The molecule has 3 aromatic rings. The molecule has 0 atom stereocenters. The van der Waals surface area contributed by atoms with Gasteiger partial charge in [0.25, 0.3) is 0 Å². The quantitative estimate of drug-likeness (QED) is 0.688. The lowest BCUT2D eigenvalue weighted by Gasteiger charge is -2.00. The van der Waals surface area contributed by atoms with Crippen LogP contribution >= 0.6 is 22.9 Å². The molecule has 3 rings (SSSR count). The molecule has 0 unspecified atom stereocenters. The summed E-state index contributed by atoms with van der Waals surface area (Å²) >= 11 is 7.80. The third-order valence-electron chi connectivity index (χ3n) is 3.16. The van der Waals surface area contributed by atoms with Gasteiger partial charge >= 0.3 is 0 Å². The molecule has 1 aromatic heterocycles. The van der Waals surface area contributed by atoms with Gasteiger partial charge in [-0.2, -0.15) is 5.26 Å². The summed E-state index contributed by atoms with van der Waals surface area (Å²) in [5.74, 6) is 0. The normalized spacial score (nSPS) is 10.3. The smallest absolute Gasteiger partial charge is 0.0991 e. The summed E-state index contributed by atoms with van der Waals surface area (Å²) in [6, 6.07) is 17.4. The van der Waals surface area contributed by atoms with E-state index in [2.05, 4.69) is 11.1 Å². The van der Waals surface area contributed by atoms with Crippen LogP contribution in [-0.4, -0.2) is 4.98 Å². The van der Waals surface area contributed by atoms with Crippen LogP contribution in [0.25, 0.3) is 11.3 Å². The zero-order valence-corrected chi connectivity index (χ0v) is 12.7. The van der Waals surface area contributed by atoms with Crippen molar-refractivity contribution in [3.63, 3.8) is 0 Å². The van der Waals surface area contributed by atoms with Crippen LogP contribution in [0.15, 0.2) is 53.9 Å². The highest BCUT2D eigenvalue weighted by atomic mass is 35.5. The zero-order chi connectivity index (χ0) is 14.7. The van der Waals surface area contributed by atoms with E-state index in [0.29, 0.717) is 5.56 Å². The Morgan fingerprint density at radius 3 is 2.57 bits per heavy atom. The number of aromatic nitrogens is 1. The maximum atomic E-state index is 8.82. The van der Waals surface area contributed by atoms with Crippen molar-refractivity contribution < 1.29 is 0 Å². The summed E-state index contributed by atoms with van der Waals surface area (Å²) in [7, 11) is 0. The van der Waals surface area contributed by atoms with Crippen molar-refractivity contribution >= 4 is 22.9 Å². The van der Waals surface area contributed by atoms with Gasteiger partial charge < -0.3 is 0 Å². The second-order valence-electron chi connectivity index (χ2n) is 4.58. The van der Waals surface area contributed by atoms with Crippen molar-refractivity contribution in [1.82, 2.24) is 4.98 Å². The fourth-order valence-corrected chi connectivity index (χ4v) is 3.07. The number of rotatable bonds is 3. The van der Waals surface area contributed by atoms with Crippen LogP contribution < -0.4 is 0 Å². The third kappa shape index (κ3) is 3.13. The minimum atomic E-state index is 0.658. The molecule has 0 saturated heterocycles.